The first-order valence-corrected chi connectivity index (χ1v) is 14.5. The number of aryl methyl sites for hydroxylation is 1. The maximum absolute atomic E-state index is 11.6. The Hall–Kier alpha value is -3.58. The quantitative estimate of drug-likeness (QED) is 0.250. The Morgan fingerprint density at radius 1 is 0.641 bits per heavy atom. The fraction of sp³-hybridized carbons (Fsp3) is 0.316. The molecule has 1 heteroatoms. The summed E-state index contributed by atoms with van der Waals surface area (Å²) in [5, 5.41) is 16.3. The summed E-state index contributed by atoms with van der Waals surface area (Å²) in [5.74, 6) is 0.414. The first-order valence-electron chi connectivity index (χ1n) is 14.5. The molecule has 0 aromatic heterocycles. The van der Waals surface area contributed by atoms with Crippen LogP contribution in [0.3, 0.4) is 0 Å². The summed E-state index contributed by atoms with van der Waals surface area (Å²) in [7, 11) is 0. The predicted molar refractivity (Wildman–Crippen MR) is 166 cm³/mol. The minimum absolute atomic E-state index is 0.0879. The van der Waals surface area contributed by atoms with E-state index in [0.29, 0.717) is 5.75 Å². The molecule has 196 valence electrons. The van der Waals surface area contributed by atoms with Crippen LogP contribution >= 0.6 is 0 Å². The molecule has 0 atom stereocenters. The van der Waals surface area contributed by atoms with Crippen LogP contribution in [0, 0.1) is 10.8 Å². The van der Waals surface area contributed by atoms with Crippen molar-refractivity contribution in [2.24, 2.45) is 10.8 Å². The second-order valence-electron chi connectivity index (χ2n) is 13.8. The minimum atomic E-state index is -0.0879. The highest BCUT2D eigenvalue weighted by Crippen LogP contribution is 2.64. The molecule has 1 saturated carbocycles. The van der Waals surface area contributed by atoms with Crippen molar-refractivity contribution in [3.63, 3.8) is 0 Å². The third-order valence-electron chi connectivity index (χ3n) is 9.53. The van der Waals surface area contributed by atoms with Crippen molar-refractivity contribution in [1.29, 1.82) is 0 Å². The summed E-state index contributed by atoms with van der Waals surface area (Å²) in [6, 6.07) is 31.2. The molecule has 5 aromatic carbocycles. The van der Waals surface area contributed by atoms with Crippen molar-refractivity contribution in [1.82, 2.24) is 0 Å². The van der Waals surface area contributed by atoms with Crippen LogP contribution in [-0.2, 0) is 11.8 Å². The molecular weight excluding hydrogens is 472 g/mol. The fourth-order valence-corrected chi connectivity index (χ4v) is 8.84. The molecule has 0 heterocycles. The second-order valence-corrected chi connectivity index (χ2v) is 13.8. The molecule has 1 spiro atoms. The Morgan fingerprint density at radius 3 is 2.08 bits per heavy atom. The topological polar surface area (TPSA) is 20.2 Å². The Balaban J connectivity index is 1.55. The van der Waals surface area contributed by atoms with Crippen LogP contribution in [0.1, 0.15) is 70.6 Å². The van der Waals surface area contributed by atoms with Crippen LogP contribution in [-0.4, -0.2) is 5.11 Å². The number of hydrogen-bond acceptors (Lipinski definition) is 1. The lowest BCUT2D eigenvalue weighted by atomic mass is 9.52. The van der Waals surface area contributed by atoms with Crippen molar-refractivity contribution in [3.05, 3.63) is 102 Å². The van der Waals surface area contributed by atoms with Crippen LogP contribution in [0.5, 0.6) is 5.75 Å². The average Bonchev–Trinajstić information content (AvgIpc) is 3.14. The van der Waals surface area contributed by atoms with Crippen molar-refractivity contribution >= 4 is 21.5 Å². The van der Waals surface area contributed by atoms with Gasteiger partial charge in [-0.15, -0.1) is 0 Å². The first kappa shape index (κ1) is 24.5. The number of rotatable bonds is 2. The largest absolute Gasteiger partial charge is 0.507 e. The van der Waals surface area contributed by atoms with E-state index in [0.717, 1.165) is 24.6 Å². The number of phenols is 1. The second kappa shape index (κ2) is 8.21. The molecule has 0 radical (unpaired) electrons. The van der Waals surface area contributed by atoms with Gasteiger partial charge in [-0.05, 0) is 116 Å². The average molecular weight is 511 g/mol. The summed E-state index contributed by atoms with van der Waals surface area (Å²) in [6.07, 6.45) is 4.33. The lowest BCUT2D eigenvalue weighted by Crippen LogP contribution is -2.43. The van der Waals surface area contributed by atoms with Crippen LogP contribution in [0.2, 0.25) is 0 Å². The van der Waals surface area contributed by atoms with E-state index >= 15 is 0 Å². The normalized spacial score (nSPS) is 18.4. The van der Waals surface area contributed by atoms with Gasteiger partial charge in [0.1, 0.15) is 5.75 Å². The van der Waals surface area contributed by atoms with Gasteiger partial charge in [-0.2, -0.15) is 0 Å². The molecule has 0 bridgehead atoms. The lowest BCUT2D eigenvalue weighted by molar-refractivity contribution is 0.0645. The fourth-order valence-electron chi connectivity index (χ4n) is 8.84. The lowest BCUT2D eigenvalue weighted by Gasteiger charge is -2.51. The van der Waals surface area contributed by atoms with Crippen molar-refractivity contribution in [3.8, 4) is 28.0 Å². The van der Waals surface area contributed by atoms with Crippen LogP contribution < -0.4 is 0 Å². The Bertz CT molecular complexity index is 1770. The van der Waals surface area contributed by atoms with Crippen LogP contribution in [0.4, 0.5) is 0 Å². The van der Waals surface area contributed by atoms with Crippen molar-refractivity contribution < 1.29 is 5.11 Å². The molecule has 2 aliphatic carbocycles. The van der Waals surface area contributed by atoms with Crippen LogP contribution in [0.25, 0.3) is 43.8 Å². The van der Waals surface area contributed by atoms with E-state index in [4.69, 9.17) is 0 Å². The van der Waals surface area contributed by atoms with E-state index < -0.39 is 0 Å². The van der Waals surface area contributed by atoms with Gasteiger partial charge in [0.05, 0.1) is 0 Å². The van der Waals surface area contributed by atoms with E-state index in [9.17, 15) is 5.11 Å². The third-order valence-corrected chi connectivity index (χ3v) is 9.53. The molecule has 1 fully saturated rings. The molecule has 39 heavy (non-hydrogen) atoms. The number of aromatic hydroxyl groups is 1. The molecule has 0 aliphatic heterocycles. The van der Waals surface area contributed by atoms with E-state index in [1.54, 1.807) is 0 Å². The van der Waals surface area contributed by atoms with Crippen LogP contribution in [0.15, 0.2) is 84.9 Å². The van der Waals surface area contributed by atoms with E-state index in [1.807, 2.05) is 0 Å². The van der Waals surface area contributed by atoms with Gasteiger partial charge in [-0.25, -0.2) is 0 Å². The molecule has 0 unspecified atom stereocenters. The Kier molecular flexibility index (Phi) is 5.15. The summed E-state index contributed by atoms with van der Waals surface area (Å²) in [5.41, 5.74) is 9.56. The zero-order chi connectivity index (χ0) is 27.2. The Morgan fingerprint density at radius 2 is 1.33 bits per heavy atom. The number of fused-ring (bicyclic) bond motifs is 8. The maximum Gasteiger partial charge on any atom is 0.123 e. The highest BCUT2D eigenvalue weighted by atomic mass is 16.3. The number of hydrogen-bond donors (Lipinski definition) is 1. The molecular formula is C38H38O. The van der Waals surface area contributed by atoms with E-state index in [1.165, 1.54) is 61.5 Å². The zero-order valence-corrected chi connectivity index (χ0v) is 23.9. The van der Waals surface area contributed by atoms with Crippen molar-refractivity contribution in [2.75, 3.05) is 0 Å². The molecule has 5 aromatic rings. The summed E-state index contributed by atoms with van der Waals surface area (Å²) >= 11 is 0. The smallest absolute Gasteiger partial charge is 0.123 e. The van der Waals surface area contributed by atoms with Gasteiger partial charge < -0.3 is 5.11 Å². The monoisotopic (exact) mass is 510 g/mol. The van der Waals surface area contributed by atoms with Gasteiger partial charge in [0.25, 0.3) is 0 Å². The Labute approximate surface area is 232 Å². The minimum Gasteiger partial charge on any atom is -0.507 e. The molecule has 0 amide bonds. The summed E-state index contributed by atoms with van der Waals surface area (Å²) in [4.78, 5) is 0. The first-order chi connectivity index (χ1) is 18.6. The highest BCUT2D eigenvalue weighted by Gasteiger charge is 2.53. The van der Waals surface area contributed by atoms with Gasteiger partial charge in [0.15, 0.2) is 0 Å². The summed E-state index contributed by atoms with van der Waals surface area (Å²) in [6.45, 7) is 11.9. The molecule has 2 aliphatic rings. The molecule has 7 rings (SSSR count). The maximum atomic E-state index is 11.6. The predicted octanol–water partition coefficient (Wildman–Crippen LogP) is 10.4. The molecule has 1 N–H and O–H groups in total. The van der Waals surface area contributed by atoms with Gasteiger partial charge in [0.2, 0.25) is 0 Å². The SMILES string of the molecule is CCc1cc2c(O)cc3c(c2cc1-c1ccc2ccccc2c1)-c1ccccc1C31CC(C)(C)CC(C)(C)C1. The van der Waals surface area contributed by atoms with Gasteiger partial charge >= 0.3 is 0 Å². The number of benzene rings is 5. The zero-order valence-electron chi connectivity index (χ0n) is 23.9. The van der Waals surface area contributed by atoms with Gasteiger partial charge in [0, 0.05) is 10.8 Å². The molecule has 0 saturated heterocycles. The highest BCUT2D eigenvalue weighted by molar-refractivity contribution is 6.07. The van der Waals surface area contributed by atoms with Gasteiger partial charge in [-0.1, -0.05) is 95.3 Å². The standard InChI is InChI=1S/C38H38O/c1-6-24-18-30-31(19-29(24)27-16-15-25-11-7-8-12-26(25)17-27)35-28-13-9-10-14-32(28)38(33(35)20-34(30)39)22-36(2,3)21-37(4,5)23-38/h7-20,39H,6,21-23H2,1-5H3. The molecule has 1 nitrogen and oxygen atoms in total. The number of phenolic OH excluding ortho intramolecular Hbond substituents is 1. The third kappa shape index (κ3) is 3.66. The van der Waals surface area contributed by atoms with E-state index in [-0.39, 0.29) is 16.2 Å². The van der Waals surface area contributed by atoms with Gasteiger partial charge in [-0.3, -0.25) is 0 Å². The van der Waals surface area contributed by atoms with Crippen molar-refractivity contribution in [2.45, 2.75) is 65.7 Å². The van der Waals surface area contributed by atoms with E-state index in [2.05, 4.69) is 120 Å². The summed E-state index contributed by atoms with van der Waals surface area (Å²) < 4.78 is 0.